The molecule has 0 bridgehead atoms. The maximum absolute atomic E-state index is 12.3. The van der Waals surface area contributed by atoms with Crippen LogP contribution in [0, 0.1) is 0 Å². The molecule has 1 atom stereocenters. The van der Waals surface area contributed by atoms with Crippen molar-refractivity contribution in [1.29, 1.82) is 0 Å². The summed E-state index contributed by atoms with van der Waals surface area (Å²) in [7, 11) is 0. The average Bonchev–Trinajstić information content (AvgIpc) is 2.67. The lowest BCUT2D eigenvalue weighted by Crippen LogP contribution is -2.04. The molecule has 0 amide bonds. The summed E-state index contributed by atoms with van der Waals surface area (Å²) >= 11 is 0. The molecular weight excluding hydrogens is 334 g/mol. The van der Waals surface area contributed by atoms with Crippen LogP contribution >= 0.6 is 0 Å². The van der Waals surface area contributed by atoms with E-state index in [2.05, 4.69) is 0 Å². The number of hydrogen-bond acceptors (Lipinski definition) is 2. The van der Waals surface area contributed by atoms with Crippen molar-refractivity contribution < 1.29 is 18.6 Å². The van der Waals surface area contributed by atoms with Crippen molar-refractivity contribution in [2.75, 3.05) is 0 Å². The molecule has 132 valence electrons. The minimum atomic E-state index is -1.75. The van der Waals surface area contributed by atoms with Crippen LogP contribution in [0.4, 0.5) is 8.78 Å². The van der Waals surface area contributed by atoms with Gasteiger partial charge in [0.1, 0.15) is 18.5 Å². The molecule has 0 aliphatic heterocycles. The number of para-hydroxylation sites is 1. The van der Waals surface area contributed by atoms with E-state index in [1.807, 2.05) is 42.5 Å². The highest BCUT2D eigenvalue weighted by molar-refractivity contribution is 5.51. The molecule has 3 rings (SSSR count). The molecule has 0 saturated heterocycles. The Labute approximate surface area is 151 Å². The molecule has 0 radical (unpaired) electrons. The third-order valence-electron chi connectivity index (χ3n) is 3.98. The van der Waals surface area contributed by atoms with Gasteiger partial charge in [0.05, 0.1) is 0 Å². The van der Waals surface area contributed by atoms with Crippen molar-refractivity contribution in [3.05, 3.63) is 107 Å². The van der Waals surface area contributed by atoms with Gasteiger partial charge in [-0.2, -0.15) is 8.78 Å². The summed E-state index contributed by atoms with van der Waals surface area (Å²) in [5.41, 5.74) is 2.65. The van der Waals surface area contributed by atoms with Gasteiger partial charge in [0.25, 0.3) is 6.08 Å². The van der Waals surface area contributed by atoms with E-state index in [0.29, 0.717) is 29.0 Å². The van der Waals surface area contributed by atoms with Gasteiger partial charge in [0.2, 0.25) is 0 Å². The number of aliphatic hydroxyl groups excluding tert-OH is 1. The van der Waals surface area contributed by atoms with Gasteiger partial charge >= 0.3 is 0 Å². The minimum Gasteiger partial charge on any atom is -0.489 e. The molecule has 1 unspecified atom stereocenters. The van der Waals surface area contributed by atoms with E-state index in [0.717, 1.165) is 11.6 Å². The fourth-order valence-corrected chi connectivity index (χ4v) is 2.65. The summed E-state index contributed by atoms with van der Waals surface area (Å²) in [6, 6.07) is 23.4. The Hall–Kier alpha value is -2.98. The van der Waals surface area contributed by atoms with Crippen LogP contribution < -0.4 is 4.74 Å². The Morgan fingerprint density at radius 2 is 1.54 bits per heavy atom. The molecule has 0 aliphatic carbocycles. The Morgan fingerprint density at radius 3 is 2.23 bits per heavy atom. The summed E-state index contributed by atoms with van der Waals surface area (Å²) in [6.07, 6.45) is -1.87. The van der Waals surface area contributed by atoms with E-state index in [-0.39, 0.29) is 0 Å². The second-order valence-electron chi connectivity index (χ2n) is 5.82. The zero-order chi connectivity index (χ0) is 18.4. The monoisotopic (exact) mass is 352 g/mol. The molecule has 0 saturated carbocycles. The minimum absolute atomic E-state index is 0.384. The van der Waals surface area contributed by atoms with Crippen molar-refractivity contribution in [2.24, 2.45) is 0 Å². The lowest BCUT2D eigenvalue weighted by molar-refractivity contribution is 0.209. The van der Waals surface area contributed by atoms with Crippen LogP contribution in [0.2, 0.25) is 0 Å². The topological polar surface area (TPSA) is 29.5 Å². The molecule has 0 aliphatic rings. The molecule has 0 fully saturated rings. The molecular formula is C22H18F2O2. The highest BCUT2D eigenvalue weighted by Crippen LogP contribution is 2.30. The number of halogens is 2. The number of rotatable bonds is 6. The van der Waals surface area contributed by atoms with Gasteiger partial charge in [-0.3, -0.25) is 0 Å². The van der Waals surface area contributed by atoms with Gasteiger partial charge in [0, 0.05) is 11.6 Å². The first-order chi connectivity index (χ1) is 12.6. The van der Waals surface area contributed by atoms with Crippen molar-refractivity contribution in [1.82, 2.24) is 0 Å². The van der Waals surface area contributed by atoms with Gasteiger partial charge in [-0.1, -0.05) is 72.8 Å². The van der Waals surface area contributed by atoms with Gasteiger partial charge < -0.3 is 9.84 Å². The largest absolute Gasteiger partial charge is 0.489 e. The van der Waals surface area contributed by atoms with Gasteiger partial charge in [-0.15, -0.1) is 0 Å². The van der Waals surface area contributed by atoms with E-state index < -0.39 is 12.2 Å². The number of hydrogen-bond donors (Lipinski definition) is 1. The molecule has 4 heteroatoms. The summed E-state index contributed by atoms with van der Waals surface area (Å²) in [5, 5.41) is 10.7. The van der Waals surface area contributed by atoms with E-state index >= 15 is 0 Å². The van der Waals surface area contributed by atoms with Crippen molar-refractivity contribution in [3.8, 4) is 5.75 Å². The molecule has 0 heterocycles. The predicted molar refractivity (Wildman–Crippen MR) is 97.9 cm³/mol. The summed E-state index contributed by atoms with van der Waals surface area (Å²) < 4.78 is 30.5. The standard InChI is InChI=1S/C22H18F2O2/c23-21(24)14-16-10-12-18(13-11-16)22(25)19-8-4-5-9-20(19)26-15-17-6-2-1-3-7-17/h1-14,22,25H,15H2. The molecule has 1 N–H and O–H groups in total. The molecule has 3 aromatic rings. The van der Waals surface area contributed by atoms with E-state index in [9.17, 15) is 13.9 Å². The maximum Gasteiger partial charge on any atom is 0.270 e. The normalized spacial score (nSPS) is 11.7. The van der Waals surface area contributed by atoms with Crippen molar-refractivity contribution >= 4 is 6.08 Å². The number of benzene rings is 3. The van der Waals surface area contributed by atoms with Crippen LogP contribution in [-0.2, 0) is 6.61 Å². The highest BCUT2D eigenvalue weighted by atomic mass is 19.3. The molecule has 0 aromatic heterocycles. The first-order valence-corrected chi connectivity index (χ1v) is 8.20. The zero-order valence-electron chi connectivity index (χ0n) is 14.0. The van der Waals surface area contributed by atoms with Crippen LogP contribution in [0.15, 0.2) is 84.9 Å². The second-order valence-corrected chi connectivity index (χ2v) is 5.82. The quantitative estimate of drug-likeness (QED) is 0.627. The first-order valence-electron chi connectivity index (χ1n) is 8.20. The van der Waals surface area contributed by atoms with Crippen LogP contribution in [0.3, 0.4) is 0 Å². The van der Waals surface area contributed by atoms with E-state index in [1.165, 1.54) is 0 Å². The number of aliphatic hydroxyl groups is 1. The molecule has 2 nitrogen and oxygen atoms in total. The predicted octanol–water partition coefficient (Wildman–Crippen LogP) is 5.58. The molecule has 3 aromatic carbocycles. The average molecular weight is 352 g/mol. The lowest BCUT2D eigenvalue weighted by atomic mass is 9.99. The Kier molecular flexibility index (Phi) is 5.77. The van der Waals surface area contributed by atoms with E-state index in [4.69, 9.17) is 4.74 Å². The van der Waals surface area contributed by atoms with Gasteiger partial charge in [-0.25, -0.2) is 0 Å². The van der Waals surface area contributed by atoms with Gasteiger partial charge in [-0.05, 0) is 22.8 Å². The Bertz CT molecular complexity index is 870. The first kappa shape index (κ1) is 17.8. The highest BCUT2D eigenvalue weighted by Gasteiger charge is 2.15. The van der Waals surface area contributed by atoms with E-state index in [1.54, 1.807) is 36.4 Å². The maximum atomic E-state index is 12.3. The SMILES string of the molecule is OC(c1ccc(C=C(F)F)cc1)c1ccccc1OCc1ccccc1. The zero-order valence-corrected chi connectivity index (χ0v) is 14.0. The molecule has 26 heavy (non-hydrogen) atoms. The lowest BCUT2D eigenvalue weighted by Gasteiger charge is -2.17. The summed E-state index contributed by atoms with van der Waals surface area (Å²) in [6.45, 7) is 0.393. The second kappa shape index (κ2) is 8.41. The van der Waals surface area contributed by atoms with Crippen LogP contribution in [0.5, 0.6) is 5.75 Å². The Balaban J connectivity index is 1.79. The third kappa shape index (κ3) is 4.55. The smallest absolute Gasteiger partial charge is 0.270 e. The summed E-state index contributed by atoms with van der Waals surface area (Å²) in [5.74, 6) is 0.586. The van der Waals surface area contributed by atoms with Crippen molar-refractivity contribution in [3.63, 3.8) is 0 Å². The van der Waals surface area contributed by atoms with Gasteiger partial charge in [0.15, 0.2) is 0 Å². The fraction of sp³-hybridized carbons (Fsp3) is 0.0909. The van der Waals surface area contributed by atoms with Crippen LogP contribution in [0.1, 0.15) is 28.4 Å². The van der Waals surface area contributed by atoms with Crippen LogP contribution in [0.25, 0.3) is 6.08 Å². The summed E-state index contributed by atoms with van der Waals surface area (Å²) in [4.78, 5) is 0. The third-order valence-corrected chi connectivity index (χ3v) is 3.98. The number of ether oxygens (including phenoxy) is 1. The fourth-order valence-electron chi connectivity index (χ4n) is 2.65. The van der Waals surface area contributed by atoms with Crippen molar-refractivity contribution in [2.45, 2.75) is 12.7 Å². The van der Waals surface area contributed by atoms with Crippen LogP contribution in [-0.4, -0.2) is 5.11 Å². The molecule has 0 spiro atoms. The Morgan fingerprint density at radius 1 is 0.885 bits per heavy atom.